The minimum Gasteiger partial charge on any atom is -0.348 e. The Kier molecular flexibility index (Phi) is 3.95. The molecule has 2 heterocycles. The molecule has 2 aromatic carbocycles. The van der Waals surface area contributed by atoms with E-state index in [-0.39, 0.29) is 22.6 Å². The highest BCUT2D eigenvalue weighted by molar-refractivity contribution is 6.06. The number of anilines is 1. The van der Waals surface area contributed by atoms with Gasteiger partial charge in [-0.15, -0.1) is 0 Å². The third-order valence-electron chi connectivity index (χ3n) is 4.20. The summed E-state index contributed by atoms with van der Waals surface area (Å²) >= 11 is 0. The molecule has 4 aromatic rings. The van der Waals surface area contributed by atoms with Gasteiger partial charge in [-0.05, 0) is 36.8 Å². The number of rotatable bonds is 3. The Morgan fingerprint density at radius 2 is 1.78 bits per heavy atom. The van der Waals surface area contributed by atoms with Gasteiger partial charge in [0.2, 0.25) is 0 Å². The lowest BCUT2D eigenvalue weighted by atomic mass is 10.1. The number of amides is 1. The van der Waals surface area contributed by atoms with Crippen LogP contribution in [0.4, 0.5) is 19.0 Å². The first-order chi connectivity index (χ1) is 12.9. The molecule has 5 nitrogen and oxygen atoms in total. The number of aromatic amines is 2. The molecule has 0 saturated carbocycles. The Morgan fingerprint density at radius 3 is 2.48 bits per heavy atom. The molecule has 4 rings (SSSR count). The summed E-state index contributed by atoms with van der Waals surface area (Å²) in [6.07, 6.45) is 0. The number of fused-ring (bicyclic) bond motifs is 1. The minimum absolute atomic E-state index is 0.163. The summed E-state index contributed by atoms with van der Waals surface area (Å²) in [4.78, 5) is 15.2. The largest absolute Gasteiger partial charge is 0.348 e. The molecule has 27 heavy (non-hydrogen) atoms. The second-order valence-electron chi connectivity index (χ2n) is 6.12. The minimum atomic E-state index is -0.722. The van der Waals surface area contributed by atoms with Gasteiger partial charge in [-0.2, -0.15) is 5.10 Å². The van der Waals surface area contributed by atoms with E-state index in [1.165, 1.54) is 12.1 Å². The maximum atomic E-state index is 13.9. The zero-order chi connectivity index (χ0) is 19.1. The molecule has 1 amide bonds. The Hall–Kier alpha value is -3.55. The number of carbonyl (C=O) groups excluding carboxylic acids is 1. The number of H-pyrrole nitrogens is 2. The number of halogens is 3. The number of carbonyl (C=O) groups is 1. The zero-order valence-electron chi connectivity index (χ0n) is 14.0. The predicted molar refractivity (Wildman–Crippen MR) is 94.9 cm³/mol. The molecule has 0 aliphatic heterocycles. The van der Waals surface area contributed by atoms with Crippen LogP contribution in [0.5, 0.6) is 0 Å². The van der Waals surface area contributed by atoms with E-state index in [9.17, 15) is 18.0 Å². The molecule has 8 heteroatoms. The molecule has 0 aliphatic rings. The number of nitrogens with one attached hydrogen (secondary N) is 3. The summed E-state index contributed by atoms with van der Waals surface area (Å²) in [6, 6.07) is 9.01. The summed E-state index contributed by atoms with van der Waals surface area (Å²) in [5.74, 6) is -2.25. The van der Waals surface area contributed by atoms with Gasteiger partial charge in [-0.1, -0.05) is 6.07 Å². The monoisotopic (exact) mass is 370 g/mol. The normalized spacial score (nSPS) is 11.1. The lowest BCUT2D eigenvalue weighted by molar-refractivity contribution is 0.102. The molecule has 2 aromatic heterocycles. The van der Waals surface area contributed by atoms with Gasteiger partial charge in [0.15, 0.2) is 5.82 Å². The molecule has 0 bridgehead atoms. The van der Waals surface area contributed by atoms with Gasteiger partial charge in [0.1, 0.15) is 23.1 Å². The van der Waals surface area contributed by atoms with Crippen molar-refractivity contribution < 1.29 is 18.0 Å². The van der Waals surface area contributed by atoms with Crippen LogP contribution < -0.4 is 5.32 Å². The van der Waals surface area contributed by atoms with Crippen molar-refractivity contribution in [3.63, 3.8) is 0 Å². The first-order valence-corrected chi connectivity index (χ1v) is 8.02. The highest BCUT2D eigenvalue weighted by Crippen LogP contribution is 2.24. The van der Waals surface area contributed by atoms with Gasteiger partial charge < -0.3 is 10.3 Å². The smallest absolute Gasteiger partial charge is 0.273 e. The number of hydrogen-bond acceptors (Lipinski definition) is 2. The summed E-state index contributed by atoms with van der Waals surface area (Å²) in [6.45, 7) is 1.81. The molecular formula is C19H13F3N4O. The van der Waals surface area contributed by atoms with Crippen LogP contribution in [-0.4, -0.2) is 21.1 Å². The van der Waals surface area contributed by atoms with Crippen molar-refractivity contribution in [3.8, 4) is 11.3 Å². The maximum Gasteiger partial charge on any atom is 0.273 e. The van der Waals surface area contributed by atoms with Gasteiger partial charge in [0.25, 0.3) is 5.91 Å². The van der Waals surface area contributed by atoms with E-state index in [1.807, 2.05) is 6.92 Å². The van der Waals surface area contributed by atoms with Crippen LogP contribution in [-0.2, 0) is 0 Å². The van der Waals surface area contributed by atoms with Crippen LogP contribution in [0.15, 0.2) is 42.5 Å². The molecule has 0 atom stereocenters. The van der Waals surface area contributed by atoms with E-state index in [2.05, 4.69) is 20.5 Å². The van der Waals surface area contributed by atoms with E-state index in [4.69, 9.17) is 0 Å². The third-order valence-corrected chi connectivity index (χ3v) is 4.20. The lowest BCUT2D eigenvalue weighted by Crippen LogP contribution is -2.12. The van der Waals surface area contributed by atoms with E-state index in [0.29, 0.717) is 11.1 Å². The first kappa shape index (κ1) is 16.9. The lowest BCUT2D eigenvalue weighted by Gasteiger charge is -1.99. The van der Waals surface area contributed by atoms with Gasteiger partial charge in [-0.25, -0.2) is 13.2 Å². The van der Waals surface area contributed by atoms with Gasteiger partial charge in [-0.3, -0.25) is 9.89 Å². The quantitative estimate of drug-likeness (QED) is 0.495. The Balaban J connectivity index is 1.60. The third kappa shape index (κ3) is 3.17. The topological polar surface area (TPSA) is 73.6 Å². The van der Waals surface area contributed by atoms with Gasteiger partial charge >= 0.3 is 0 Å². The second kappa shape index (κ2) is 6.31. The van der Waals surface area contributed by atoms with Crippen molar-refractivity contribution in [1.82, 2.24) is 15.2 Å². The van der Waals surface area contributed by atoms with Crippen LogP contribution >= 0.6 is 0 Å². The molecule has 136 valence electrons. The van der Waals surface area contributed by atoms with Crippen LogP contribution in [0.25, 0.3) is 22.2 Å². The van der Waals surface area contributed by atoms with Gasteiger partial charge in [0, 0.05) is 23.1 Å². The van der Waals surface area contributed by atoms with Crippen LogP contribution in [0.2, 0.25) is 0 Å². The van der Waals surface area contributed by atoms with Crippen molar-refractivity contribution in [3.05, 3.63) is 71.2 Å². The van der Waals surface area contributed by atoms with Crippen LogP contribution in [0, 0.1) is 24.4 Å². The van der Waals surface area contributed by atoms with Crippen molar-refractivity contribution in [1.29, 1.82) is 0 Å². The van der Waals surface area contributed by atoms with E-state index in [1.54, 1.807) is 12.1 Å². The van der Waals surface area contributed by atoms with E-state index >= 15 is 0 Å². The summed E-state index contributed by atoms with van der Waals surface area (Å²) in [5.41, 5.74) is 1.83. The van der Waals surface area contributed by atoms with Crippen molar-refractivity contribution in [2.45, 2.75) is 6.92 Å². The van der Waals surface area contributed by atoms with Crippen molar-refractivity contribution in [2.75, 3.05) is 5.32 Å². The number of nitrogens with zero attached hydrogens (tertiary/aromatic N) is 1. The Labute approximate surface area is 151 Å². The SMILES string of the molecule is Cc1ccc(F)c2[nH]c(C(=O)Nc3cc(-c4cc(F)cc(F)c4)[nH]n3)cc12. The fourth-order valence-corrected chi connectivity index (χ4v) is 2.87. The van der Waals surface area contributed by atoms with Crippen LogP contribution in [0.1, 0.15) is 16.1 Å². The molecule has 0 aliphatic carbocycles. The van der Waals surface area contributed by atoms with Crippen molar-refractivity contribution >= 4 is 22.6 Å². The average molecular weight is 370 g/mol. The fourth-order valence-electron chi connectivity index (χ4n) is 2.87. The zero-order valence-corrected chi connectivity index (χ0v) is 14.0. The standard InChI is InChI=1S/C19H13F3N4O/c1-9-2-3-14(22)18-13(9)7-16(23-18)19(27)24-17-8-15(25-26-17)10-4-11(20)6-12(21)5-10/h2-8,23H,1H3,(H2,24,25,26,27). The molecule has 3 N–H and O–H groups in total. The highest BCUT2D eigenvalue weighted by Gasteiger charge is 2.15. The fraction of sp³-hybridized carbons (Fsp3) is 0.0526. The summed E-state index contributed by atoms with van der Waals surface area (Å²) in [5, 5.41) is 9.69. The average Bonchev–Trinajstić information content (AvgIpc) is 3.25. The van der Waals surface area contributed by atoms with Crippen molar-refractivity contribution in [2.24, 2.45) is 0 Å². The van der Waals surface area contributed by atoms with Crippen LogP contribution in [0.3, 0.4) is 0 Å². The Morgan fingerprint density at radius 1 is 1.04 bits per heavy atom. The van der Waals surface area contributed by atoms with Gasteiger partial charge in [0.05, 0.1) is 11.2 Å². The number of aryl methyl sites for hydroxylation is 1. The number of hydrogen-bond donors (Lipinski definition) is 3. The first-order valence-electron chi connectivity index (χ1n) is 8.02. The number of benzene rings is 2. The van der Waals surface area contributed by atoms with E-state index < -0.39 is 23.4 Å². The molecule has 0 spiro atoms. The molecule has 0 radical (unpaired) electrons. The molecular weight excluding hydrogens is 357 g/mol. The molecule has 0 saturated heterocycles. The highest BCUT2D eigenvalue weighted by atomic mass is 19.1. The number of aromatic nitrogens is 3. The molecule has 0 unspecified atom stereocenters. The predicted octanol–water partition coefficient (Wildman–Crippen LogP) is 4.54. The summed E-state index contributed by atoms with van der Waals surface area (Å²) in [7, 11) is 0. The van der Waals surface area contributed by atoms with E-state index in [0.717, 1.165) is 23.8 Å². The summed E-state index contributed by atoms with van der Waals surface area (Å²) < 4.78 is 40.6. The molecule has 0 fully saturated rings. The maximum absolute atomic E-state index is 13.9. The Bertz CT molecular complexity index is 1120. The second-order valence-corrected chi connectivity index (χ2v) is 6.12.